The number of ether oxygens (including phenoxy) is 8. The zero-order chi connectivity index (χ0) is 88.5. The summed E-state index contributed by atoms with van der Waals surface area (Å²) in [4.78, 5) is 114. The first-order valence-corrected chi connectivity index (χ1v) is 47.2. The Morgan fingerprint density at radius 2 is 0.582 bits per heavy atom. The van der Waals surface area contributed by atoms with E-state index < -0.39 is 23.9 Å². The van der Waals surface area contributed by atoms with E-state index in [1.54, 1.807) is 0 Å². The van der Waals surface area contributed by atoms with Crippen molar-refractivity contribution < 1.29 is 76.3 Å². The van der Waals surface area contributed by atoms with Crippen LogP contribution in [-0.4, -0.2) is 199 Å². The number of esters is 8. The maximum Gasteiger partial charge on any atom is 0.309 e. The van der Waals surface area contributed by atoms with Crippen LogP contribution in [0.5, 0.6) is 0 Å². The molecule has 0 radical (unpaired) electrons. The molecule has 5 rings (SSSR count). The van der Waals surface area contributed by atoms with Crippen LogP contribution in [0.1, 0.15) is 308 Å². The Hall–Kier alpha value is -7.26. The minimum absolute atomic E-state index is 0.0143. The molecule has 0 bridgehead atoms. The van der Waals surface area contributed by atoms with Crippen LogP contribution in [0, 0.1) is 29.6 Å². The van der Waals surface area contributed by atoms with Crippen LogP contribution in [0.4, 0.5) is 0 Å². The first kappa shape index (κ1) is 105. The highest BCUT2D eigenvalue weighted by Gasteiger charge is 2.28. The summed E-state index contributed by atoms with van der Waals surface area (Å²) in [5.41, 5.74) is 15.3. The summed E-state index contributed by atoms with van der Waals surface area (Å²) in [6, 6.07) is 0. The van der Waals surface area contributed by atoms with Crippen LogP contribution in [0.2, 0.25) is 0 Å². The molecule has 0 saturated carbocycles. The maximum absolute atomic E-state index is 13.2. The molecule has 1 aliphatic heterocycles. The van der Waals surface area contributed by atoms with E-state index in [1.807, 2.05) is 0 Å². The van der Waals surface area contributed by atoms with Gasteiger partial charge in [-0.15, -0.1) is 0 Å². The fourth-order valence-electron chi connectivity index (χ4n) is 16.2. The molecule has 4 unspecified atom stereocenters. The number of nitrogens with zero attached hydrogens (tertiary/aromatic N) is 4. The molecular weight excluding hydrogens is 1540 g/mol. The van der Waals surface area contributed by atoms with E-state index in [9.17, 15) is 38.4 Å². The zero-order valence-electron chi connectivity index (χ0n) is 77.9. The third kappa shape index (κ3) is 50.6. The van der Waals surface area contributed by atoms with Crippen LogP contribution < -0.4 is 0 Å². The quantitative estimate of drug-likeness (QED) is 0.0239. The van der Waals surface area contributed by atoms with Crippen molar-refractivity contribution in [2.75, 3.05) is 131 Å². The van der Waals surface area contributed by atoms with E-state index in [-0.39, 0.29) is 126 Å². The van der Waals surface area contributed by atoms with Gasteiger partial charge in [0, 0.05) is 52.4 Å². The first-order valence-electron chi connectivity index (χ1n) is 47.2. The van der Waals surface area contributed by atoms with Gasteiger partial charge in [0.25, 0.3) is 0 Å². The molecule has 0 aromatic rings. The summed E-state index contributed by atoms with van der Waals surface area (Å²) in [6.45, 7) is 33.6. The third-order valence-corrected chi connectivity index (χ3v) is 24.1. The van der Waals surface area contributed by atoms with Crippen LogP contribution >= 0.6 is 0 Å². The monoisotopic (exact) mass is 1700 g/mol. The fourth-order valence-corrected chi connectivity index (χ4v) is 16.2. The summed E-state index contributed by atoms with van der Waals surface area (Å²) in [5.74, 6) is -2.83. The molecule has 0 spiro atoms. The van der Waals surface area contributed by atoms with Crippen molar-refractivity contribution in [3.8, 4) is 0 Å². The minimum atomic E-state index is -0.419. The molecule has 686 valence electrons. The Balaban J connectivity index is 1.07. The molecule has 4 aliphatic carbocycles. The number of piperazine rings is 1. The van der Waals surface area contributed by atoms with Crippen LogP contribution in [0.3, 0.4) is 0 Å². The Bertz CT molecular complexity index is 3400. The molecule has 1 fully saturated rings. The molecule has 1 heterocycles. The number of hydrogen-bond donors (Lipinski definition) is 0. The number of allylic oxidation sites excluding steroid dienone is 22. The number of hydrogen-bond acceptors (Lipinski definition) is 20. The molecule has 0 aromatic heterocycles. The molecule has 20 heteroatoms. The lowest BCUT2D eigenvalue weighted by molar-refractivity contribution is -0.155. The normalized spacial score (nSPS) is 18.3. The van der Waals surface area contributed by atoms with Gasteiger partial charge in [-0.1, -0.05) is 148 Å². The summed E-state index contributed by atoms with van der Waals surface area (Å²) in [7, 11) is 0. The van der Waals surface area contributed by atoms with Gasteiger partial charge in [-0.05, 0) is 294 Å². The van der Waals surface area contributed by atoms with Crippen molar-refractivity contribution in [3.05, 3.63) is 128 Å². The molecule has 0 N–H and O–H groups in total. The van der Waals surface area contributed by atoms with E-state index in [4.69, 9.17) is 37.9 Å². The Morgan fingerprint density at radius 1 is 0.328 bits per heavy atom. The predicted octanol–water partition coefficient (Wildman–Crippen LogP) is 20.8. The standard InChI is InChI=1S/C102H162N4O16/c1-79(2)23-13-27-83(9)31-17-35-87-39-47-91(48-40-87)99(111)119-75-71-115-95(107)55-63-103(64-56-96(108)116-72-76-120-100(112)92-49-41-88(42-50-92)36-18-32-84(10)28-14-24-80(3)4)59-21-61-105-67-69-106(70-68-105)62-22-60-104(65-57-97(109)117-73-77-121-101(113)93-51-43-89(44-52-93)37-19-33-85(11)29-15-25-81(5)6)66-58-98(110)118-74-78-122-102(114)94-53-45-90(46-54-94)38-20-34-86(12)30-16-26-82(7)8/h23-25,31-34,39,41,43,45,82,91-94H,13-22,26-30,35-38,40,42,44,46-78H2,1-12H3/b83-31+,84-32+,85-33+,86-34+. The first-order chi connectivity index (χ1) is 58.7. The minimum Gasteiger partial charge on any atom is -0.462 e. The van der Waals surface area contributed by atoms with Gasteiger partial charge in [0.1, 0.15) is 52.9 Å². The zero-order valence-corrected chi connectivity index (χ0v) is 77.9. The van der Waals surface area contributed by atoms with Gasteiger partial charge in [-0.2, -0.15) is 0 Å². The third-order valence-electron chi connectivity index (χ3n) is 24.1. The van der Waals surface area contributed by atoms with Crippen molar-refractivity contribution in [3.63, 3.8) is 0 Å². The van der Waals surface area contributed by atoms with Crippen molar-refractivity contribution in [1.82, 2.24) is 19.6 Å². The number of rotatable bonds is 61. The topological polar surface area (TPSA) is 223 Å². The summed E-state index contributed by atoms with van der Waals surface area (Å²) >= 11 is 0. The molecule has 5 aliphatic rings. The fraction of sp³-hybridized carbons (Fsp3) is 0.706. The van der Waals surface area contributed by atoms with Gasteiger partial charge in [0.15, 0.2) is 0 Å². The molecule has 1 saturated heterocycles. The van der Waals surface area contributed by atoms with Crippen LogP contribution in [0.15, 0.2) is 128 Å². The average molecular weight is 1700 g/mol. The SMILES string of the molecule is CC(C)=CCC/C(C)=C/CCC1=CCC(C(=O)OCCOC(=O)CCN(CCCN2CCN(CCCN(CCC(=O)OCCOC(=O)C3CC=C(CC/C=C(\C)CCC=C(C)C)CC3)CCC(=O)OCCOC(=O)C3CC=C(CC/C=C(\C)CCCC(C)C)CC3)CC2)CCC(=O)OCCOC(=O)C2CC=C(CC/C=C(\C)CCC=C(C)C)CC2)CC1. The van der Waals surface area contributed by atoms with Crippen molar-refractivity contribution in [2.45, 2.75) is 308 Å². The highest BCUT2D eigenvalue weighted by atomic mass is 16.6. The number of carbonyl (C=O) groups is 8. The van der Waals surface area contributed by atoms with Gasteiger partial charge in [-0.25, -0.2) is 0 Å². The van der Waals surface area contributed by atoms with E-state index in [1.165, 1.54) is 74.1 Å². The highest BCUT2D eigenvalue weighted by Crippen LogP contribution is 2.32. The second-order valence-electron chi connectivity index (χ2n) is 36.1. The molecule has 122 heavy (non-hydrogen) atoms. The van der Waals surface area contributed by atoms with E-state index >= 15 is 0 Å². The molecular formula is C102H162N4O16. The van der Waals surface area contributed by atoms with E-state index in [2.05, 4.69) is 170 Å². The van der Waals surface area contributed by atoms with Crippen molar-refractivity contribution >= 4 is 47.8 Å². The lowest BCUT2D eigenvalue weighted by Gasteiger charge is -2.35. The van der Waals surface area contributed by atoms with Crippen LogP contribution in [0.25, 0.3) is 0 Å². The van der Waals surface area contributed by atoms with Crippen LogP contribution in [-0.2, 0) is 76.3 Å². The van der Waals surface area contributed by atoms with Gasteiger partial charge in [0.2, 0.25) is 0 Å². The molecule has 4 atom stereocenters. The summed E-state index contributed by atoms with van der Waals surface area (Å²) < 4.78 is 44.7. The lowest BCUT2D eigenvalue weighted by Crippen LogP contribution is -2.47. The maximum atomic E-state index is 13.2. The largest absolute Gasteiger partial charge is 0.462 e. The van der Waals surface area contributed by atoms with E-state index in [0.29, 0.717) is 65.0 Å². The van der Waals surface area contributed by atoms with Gasteiger partial charge < -0.3 is 57.5 Å². The Labute approximate surface area is 736 Å². The lowest BCUT2D eigenvalue weighted by atomic mass is 9.87. The van der Waals surface area contributed by atoms with Gasteiger partial charge in [-0.3, -0.25) is 38.4 Å². The molecule has 0 aromatic carbocycles. The van der Waals surface area contributed by atoms with Crippen molar-refractivity contribution in [2.24, 2.45) is 29.6 Å². The van der Waals surface area contributed by atoms with E-state index in [0.717, 1.165) is 206 Å². The smallest absolute Gasteiger partial charge is 0.309 e. The summed E-state index contributed by atoms with van der Waals surface area (Å²) in [5, 5.41) is 0. The second kappa shape index (κ2) is 63.6. The second-order valence-corrected chi connectivity index (χ2v) is 36.1. The van der Waals surface area contributed by atoms with Gasteiger partial charge in [0.05, 0.1) is 49.4 Å². The van der Waals surface area contributed by atoms with Crippen molar-refractivity contribution in [1.29, 1.82) is 0 Å². The number of carbonyl (C=O) groups excluding carboxylic acids is 8. The Morgan fingerprint density at radius 3 is 0.820 bits per heavy atom. The average Bonchev–Trinajstić information content (AvgIpc) is 0.887. The molecule has 0 amide bonds. The predicted molar refractivity (Wildman–Crippen MR) is 489 cm³/mol. The summed E-state index contributed by atoms with van der Waals surface area (Å²) in [6.07, 6.45) is 54.0. The van der Waals surface area contributed by atoms with Gasteiger partial charge >= 0.3 is 47.8 Å². The molecule has 20 nitrogen and oxygen atoms in total. The Kier molecular flexibility index (Phi) is 54.9. The highest BCUT2D eigenvalue weighted by molar-refractivity contribution is 5.75.